The van der Waals surface area contributed by atoms with Crippen LogP contribution in [0.1, 0.15) is 0 Å². The van der Waals surface area contributed by atoms with Crippen LogP contribution in [0.2, 0.25) is 5.28 Å². The molecule has 2 aromatic rings. The van der Waals surface area contributed by atoms with Crippen LogP contribution in [0.15, 0.2) is 29.0 Å². The Morgan fingerprint density at radius 2 is 2.33 bits per heavy atom. The van der Waals surface area contributed by atoms with Gasteiger partial charge in [-0.1, -0.05) is 0 Å². The Balaban J connectivity index is 2.45. The summed E-state index contributed by atoms with van der Waals surface area (Å²) in [4.78, 5) is 7.73. The maximum absolute atomic E-state index is 5.47. The van der Waals surface area contributed by atoms with E-state index in [2.05, 4.69) is 15.1 Å². The van der Waals surface area contributed by atoms with Gasteiger partial charge in [-0.25, -0.2) is 0 Å². The molecule has 5 heteroatoms. The van der Waals surface area contributed by atoms with Crippen LogP contribution in [0.4, 0.5) is 0 Å². The van der Waals surface area contributed by atoms with Crippen LogP contribution in [-0.2, 0) is 0 Å². The smallest absolute Gasteiger partial charge is 0.264 e. The summed E-state index contributed by atoms with van der Waals surface area (Å²) >= 11 is 5.47. The second-order valence-electron chi connectivity index (χ2n) is 2.11. The Kier molecular flexibility index (Phi) is 1.75. The number of pyridine rings is 1. The first-order valence-corrected chi connectivity index (χ1v) is 3.63. The molecule has 0 aliphatic heterocycles. The van der Waals surface area contributed by atoms with E-state index in [9.17, 15) is 0 Å². The van der Waals surface area contributed by atoms with Crippen molar-refractivity contribution in [1.29, 1.82) is 0 Å². The van der Waals surface area contributed by atoms with Gasteiger partial charge in [0.15, 0.2) is 0 Å². The molecule has 2 aromatic heterocycles. The van der Waals surface area contributed by atoms with E-state index in [-0.39, 0.29) is 5.28 Å². The predicted octanol–water partition coefficient (Wildman–Crippen LogP) is 1.78. The molecule has 0 amide bonds. The summed E-state index contributed by atoms with van der Waals surface area (Å²) in [5, 5.41) is 3.55. The van der Waals surface area contributed by atoms with E-state index in [4.69, 9.17) is 16.1 Å². The quantitative estimate of drug-likeness (QED) is 0.673. The molecular weight excluding hydrogens is 178 g/mol. The lowest BCUT2D eigenvalue weighted by atomic mass is 10.3. The van der Waals surface area contributed by atoms with Crippen LogP contribution in [0.5, 0.6) is 0 Å². The average Bonchev–Trinajstić information content (AvgIpc) is 2.54. The highest BCUT2D eigenvalue weighted by molar-refractivity contribution is 6.28. The van der Waals surface area contributed by atoms with E-state index in [0.29, 0.717) is 5.89 Å². The third kappa shape index (κ3) is 1.29. The van der Waals surface area contributed by atoms with Gasteiger partial charge < -0.3 is 4.52 Å². The van der Waals surface area contributed by atoms with E-state index < -0.39 is 0 Å². The van der Waals surface area contributed by atoms with Crippen LogP contribution < -0.4 is 0 Å². The molecule has 0 saturated heterocycles. The highest BCUT2D eigenvalue weighted by Crippen LogP contribution is 2.16. The van der Waals surface area contributed by atoms with Crippen molar-refractivity contribution in [2.24, 2.45) is 0 Å². The average molecular weight is 182 g/mol. The number of aromatic nitrogens is 3. The summed E-state index contributed by atoms with van der Waals surface area (Å²) < 4.78 is 4.82. The molecular formula is C7H4ClN3O. The molecule has 0 fully saturated rings. The molecule has 2 heterocycles. The van der Waals surface area contributed by atoms with Gasteiger partial charge in [0.2, 0.25) is 0 Å². The van der Waals surface area contributed by atoms with Crippen LogP contribution in [-0.4, -0.2) is 15.1 Å². The predicted molar refractivity (Wildman–Crippen MR) is 42.5 cm³/mol. The summed E-state index contributed by atoms with van der Waals surface area (Å²) in [5.74, 6) is 0.383. The van der Waals surface area contributed by atoms with Gasteiger partial charge in [-0.3, -0.25) is 4.98 Å². The lowest BCUT2D eigenvalue weighted by Gasteiger charge is -1.88. The monoisotopic (exact) mass is 181 g/mol. The molecule has 0 unspecified atom stereocenters. The fraction of sp³-hybridized carbons (Fsp3) is 0. The van der Waals surface area contributed by atoms with Gasteiger partial charge in [-0.15, -0.1) is 0 Å². The highest BCUT2D eigenvalue weighted by atomic mass is 35.5. The zero-order valence-electron chi connectivity index (χ0n) is 5.94. The van der Waals surface area contributed by atoms with Crippen molar-refractivity contribution in [1.82, 2.24) is 15.1 Å². The summed E-state index contributed by atoms with van der Waals surface area (Å²) in [6.45, 7) is 0. The van der Waals surface area contributed by atoms with E-state index in [1.54, 1.807) is 18.5 Å². The van der Waals surface area contributed by atoms with E-state index in [1.165, 1.54) is 0 Å². The minimum atomic E-state index is 0.105. The number of nitrogens with zero attached hydrogens (tertiary/aromatic N) is 3. The van der Waals surface area contributed by atoms with Gasteiger partial charge in [0.05, 0.1) is 5.56 Å². The molecule has 2 rings (SSSR count). The summed E-state index contributed by atoms with van der Waals surface area (Å²) in [6, 6.07) is 3.60. The van der Waals surface area contributed by atoms with Gasteiger partial charge in [0.1, 0.15) is 0 Å². The second kappa shape index (κ2) is 2.91. The maximum atomic E-state index is 5.47. The van der Waals surface area contributed by atoms with Crippen molar-refractivity contribution in [3.8, 4) is 11.5 Å². The van der Waals surface area contributed by atoms with Gasteiger partial charge in [0, 0.05) is 12.4 Å². The minimum absolute atomic E-state index is 0.105. The van der Waals surface area contributed by atoms with Crippen molar-refractivity contribution in [2.45, 2.75) is 0 Å². The van der Waals surface area contributed by atoms with Gasteiger partial charge >= 0.3 is 0 Å². The largest absolute Gasteiger partial charge is 0.333 e. The van der Waals surface area contributed by atoms with Gasteiger partial charge in [-0.2, -0.15) is 4.98 Å². The second-order valence-corrected chi connectivity index (χ2v) is 2.45. The van der Waals surface area contributed by atoms with Crippen molar-refractivity contribution in [2.75, 3.05) is 0 Å². The lowest BCUT2D eigenvalue weighted by molar-refractivity contribution is 0.430. The maximum Gasteiger partial charge on any atom is 0.264 e. The van der Waals surface area contributed by atoms with Crippen molar-refractivity contribution < 1.29 is 4.52 Å². The highest BCUT2D eigenvalue weighted by Gasteiger charge is 2.05. The molecule has 4 nitrogen and oxygen atoms in total. The Hall–Kier alpha value is -1.42. The molecule has 0 bridgehead atoms. The normalized spacial score (nSPS) is 10.1. The Bertz CT molecular complexity index is 373. The molecule has 60 valence electrons. The van der Waals surface area contributed by atoms with Crippen molar-refractivity contribution >= 4 is 11.6 Å². The first-order chi connectivity index (χ1) is 5.86. The molecule has 0 aromatic carbocycles. The van der Waals surface area contributed by atoms with Crippen LogP contribution in [0.3, 0.4) is 0 Å². The fourth-order valence-corrected chi connectivity index (χ4v) is 0.923. The molecule has 0 saturated carbocycles. The van der Waals surface area contributed by atoms with Crippen LogP contribution >= 0.6 is 11.6 Å². The molecule has 12 heavy (non-hydrogen) atoms. The van der Waals surface area contributed by atoms with Gasteiger partial charge in [-0.05, 0) is 28.9 Å². The Labute approximate surface area is 73.2 Å². The SMILES string of the molecule is Clc1noc(-c2cccnc2)n1. The summed E-state index contributed by atoms with van der Waals surface area (Å²) in [5.41, 5.74) is 0.761. The standard InChI is InChI=1S/C7H4ClN3O/c8-7-10-6(12-11-7)5-2-1-3-9-4-5/h1-4H. The number of rotatable bonds is 1. The van der Waals surface area contributed by atoms with Crippen molar-refractivity contribution in [3.05, 3.63) is 29.8 Å². The first kappa shape index (κ1) is 7.24. The molecule has 0 radical (unpaired) electrons. The Morgan fingerprint density at radius 3 is 2.92 bits per heavy atom. The van der Waals surface area contributed by atoms with E-state index >= 15 is 0 Å². The first-order valence-electron chi connectivity index (χ1n) is 3.26. The third-order valence-electron chi connectivity index (χ3n) is 1.31. The molecule has 0 aliphatic rings. The van der Waals surface area contributed by atoms with Crippen LogP contribution in [0, 0.1) is 0 Å². The van der Waals surface area contributed by atoms with Crippen molar-refractivity contribution in [3.63, 3.8) is 0 Å². The zero-order chi connectivity index (χ0) is 8.39. The molecule has 0 N–H and O–H groups in total. The number of hydrogen-bond donors (Lipinski definition) is 0. The van der Waals surface area contributed by atoms with Crippen LogP contribution in [0.25, 0.3) is 11.5 Å². The third-order valence-corrected chi connectivity index (χ3v) is 1.46. The molecule has 0 spiro atoms. The molecule has 0 aliphatic carbocycles. The Morgan fingerprint density at radius 1 is 1.42 bits per heavy atom. The summed E-state index contributed by atoms with van der Waals surface area (Å²) in [6.07, 6.45) is 3.30. The number of halogens is 1. The van der Waals surface area contributed by atoms with E-state index in [0.717, 1.165) is 5.56 Å². The topological polar surface area (TPSA) is 51.8 Å². The summed E-state index contributed by atoms with van der Waals surface area (Å²) in [7, 11) is 0. The number of hydrogen-bond acceptors (Lipinski definition) is 4. The van der Waals surface area contributed by atoms with Gasteiger partial charge in [0.25, 0.3) is 11.2 Å². The minimum Gasteiger partial charge on any atom is -0.333 e. The lowest BCUT2D eigenvalue weighted by Crippen LogP contribution is -1.77. The van der Waals surface area contributed by atoms with E-state index in [1.807, 2.05) is 6.07 Å². The molecule has 0 atom stereocenters. The zero-order valence-corrected chi connectivity index (χ0v) is 6.69. The fourth-order valence-electron chi connectivity index (χ4n) is 0.812.